The molecule has 0 aromatic rings. The molecule has 0 amide bonds. The first-order valence-electron chi connectivity index (χ1n) is 28.2. The van der Waals surface area contributed by atoms with Gasteiger partial charge in [0.25, 0.3) is 0 Å². The van der Waals surface area contributed by atoms with Gasteiger partial charge in [0.2, 0.25) is 0 Å². The maximum atomic E-state index is 12.8. The summed E-state index contributed by atoms with van der Waals surface area (Å²) in [6.07, 6.45) is 71.5. The lowest BCUT2D eigenvalue weighted by Crippen LogP contribution is -2.30. The molecule has 0 aromatic carbocycles. The summed E-state index contributed by atoms with van der Waals surface area (Å²) in [5, 5.41) is 0. The zero-order valence-electron chi connectivity index (χ0n) is 43.9. The number of hydrogen-bond donors (Lipinski definition) is 0. The van der Waals surface area contributed by atoms with Crippen molar-refractivity contribution in [2.75, 3.05) is 13.2 Å². The summed E-state index contributed by atoms with van der Waals surface area (Å²) in [6.45, 7) is 6.49. The van der Waals surface area contributed by atoms with Crippen molar-refractivity contribution in [1.82, 2.24) is 0 Å². The molecule has 67 heavy (non-hydrogen) atoms. The number of allylic oxidation sites excluding steroid dienone is 14. The largest absolute Gasteiger partial charge is 0.462 e. The first-order chi connectivity index (χ1) is 33.0. The van der Waals surface area contributed by atoms with Gasteiger partial charge in [-0.05, 0) is 57.8 Å². The Kier molecular flexibility index (Phi) is 52.4. The number of rotatable bonds is 50. The molecule has 0 rings (SSSR count). The van der Waals surface area contributed by atoms with Crippen LogP contribution in [-0.2, 0) is 28.6 Å². The minimum Gasteiger partial charge on any atom is -0.462 e. The van der Waals surface area contributed by atoms with Gasteiger partial charge in [-0.25, -0.2) is 0 Å². The molecule has 6 heteroatoms. The minimum atomic E-state index is -0.809. The Morgan fingerprint density at radius 2 is 0.657 bits per heavy atom. The van der Waals surface area contributed by atoms with E-state index < -0.39 is 6.10 Å². The van der Waals surface area contributed by atoms with Gasteiger partial charge < -0.3 is 14.2 Å². The van der Waals surface area contributed by atoms with E-state index in [1.165, 1.54) is 141 Å². The highest BCUT2D eigenvalue weighted by atomic mass is 16.6. The van der Waals surface area contributed by atoms with Crippen LogP contribution in [0, 0.1) is 0 Å². The molecule has 0 bridgehead atoms. The van der Waals surface area contributed by atoms with Crippen molar-refractivity contribution in [2.45, 2.75) is 271 Å². The number of esters is 3. The van der Waals surface area contributed by atoms with E-state index in [0.29, 0.717) is 19.3 Å². The topological polar surface area (TPSA) is 78.9 Å². The fourth-order valence-corrected chi connectivity index (χ4v) is 7.76. The third kappa shape index (κ3) is 53.4. The zero-order valence-corrected chi connectivity index (χ0v) is 43.9. The van der Waals surface area contributed by atoms with Gasteiger partial charge in [0.15, 0.2) is 6.10 Å². The molecule has 0 fully saturated rings. The molecule has 0 radical (unpaired) electrons. The molecule has 1 atom stereocenters. The molecule has 0 aliphatic carbocycles. The predicted molar refractivity (Wildman–Crippen MR) is 288 cm³/mol. The number of hydrogen-bond acceptors (Lipinski definition) is 6. The molecular formula is C61H104O6. The van der Waals surface area contributed by atoms with Crippen LogP contribution in [0.5, 0.6) is 0 Å². The maximum absolute atomic E-state index is 12.8. The Bertz CT molecular complexity index is 1300. The monoisotopic (exact) mass is 933 g/mol. The van der Waals surface area contributed by atoms with Gasteiger partial charge in [0.1, 0.15) is 13.2 Å². The number of unbranched alkanes of at least 4 members (excludes halogenated alkanes) is 29. The molecule has 1 unspecified atom stereocenters. The molecule has 384 valence electrons. The van der Waals surface area contributed by atoms with Crippen molar-refractivity contribution in [3.05, 3.63) is 85.1 Å². The highest BCUT2D eigenvalue weighted by molar-refractivity contribution is 5.71. The van der Waals surface area contributed by atoms with E-state index in [2.05, 4.69) is 75.5 Å². The summed E-state index contributed by atoms with van der Waals surface area (Å²) in [5.74, 6) is -0.991. The van der Waals surface area contributed by atoms with Crippen molar-refractivity contribution in [3.63, 3.8) is 0 Å². The molecule has 0 aliphatic heterocycles. The van der Waals surface area contributed by atoms with Crippen LogP contribution < -0.4 is 0 Å². The Morgan fingerprint density at radius 1 is 0.313 bits per heavy atom. The van der Waals surface area contributed by atoms with Crippen LogP contribution in [0.2, 0.25) is 0 Å². The van der Waals surface area contributed by atoms with E-state index in [9.17, 15) is 14.4 Å². The highest BCUT2D eigenvalue weighted by Gasteiger charge is 2.19. The maximum Gasteiger partial charge on any atom is 0.306 e. The number of carbonyl (C=O) groups is 3. The zero-order chi connectivity index (χ0) is 48.6. The van der Waals surface area contributed by atoms with Crippen LogP contribution in [0.4, 0.5) is 0 Å². The summed E-state index contributed by atoms with van der Waals surface area (Å²) in [4.78, 5) is 38.1. The van der Waals surface area contributed by atoms with Gasteiger partial charge >= 0.3 is 17.9 Å². The second kappa shape index (κ2) is 55.2. The van der Waals surface area contributed by atoms with Crippen LogP contribution in [0.15, 0.2) is 85.1 Å². The summed E-state index contributed by atoms with van der Waals surface area (Å²) in [7, 11) is 0. The minimum absolute atomic E-state index is 0.106. The average molecular weight is 933 g/mol. The molecule has 0 saturated heterocycles. The van der Waals surface area contributed by atoms with E-state index in [0.717, 1.165) is 77.0 Å². The second-order valence-corrected chi connectivity index (χ2v) is 18.6. The van der Waals surface area contributed by atoms with Crippen LogP contribution in [-0.4, -0.2) is 37.2 Å². The lowest BCUT2D eigenvalue weighted by Gasteiger charge is -2.18. The average Bonchev–Trinajstić information content (AvgIpc) is 3.33. The van der Waals surface area contributed by atoms with Gasteiger partial charge in [0.05, 0.1) is 0 Å². The van der Waals surface area contributed by atoms with Crippen LogP contribution in [0.3, 0.4) is 0 Å². The summed E-state index contributed by atoms with van der Waals surface area (Å²) < 4.78 is 16.8. The first kappa shape index (κ1) is 63.6. The van der Waals surface area contributed by atoms with Gasteiger partial charge in [-0.2, -0.15) is 0 Å². The molecule has 0 N–H and O–H groups in total. The Morgan fingerprint density at radius 3 is 1.10 bits per heavy atom. The Hall–Kier alpha value is -3.41. The van der Waals surface area contributed by atoms with Gasteiger partial charge in [0, 0.05) is 19.3 Å². The van der Waals surface area contributed by atoms with Crippen LogP contribution in [0.25, 0.3) is 0 Å². The molecule has 0 aliphatic rings. The van der Waals surface area contributed by atoms with Crippen molar-refractivity contribution in [1.29, 1.82) is 0 Å². The van der Waals surface area contributed by atoms with Gasteiger partial charge in [-0.3, -0.25) is 14.4 Å². The number of ether oxygens (including phenoxy) is 3. The van der Waals surface area contributed by atoms with Crippen LogP contribution >= 0.6 is 0 Å². The normalized spacial score (nSPS) is 12.7. The predicted octanol–water partition coefficient (Wildman–Crippen LogP) is 18.8. The third-order valence-electron chi connectivity index (χ3n) is 12.0. The van der Waals surface area contributed by atoms with Crippen LogP contribution in [0.1, 0.15) is 265 Å². The van der Waals surface area contributed by atoms with Gasteiger partial charge in [-0.1, -0.05) is 273 Å². The summed E-state index contributed by atoms with van der Waals surface area (Å²) in [5.41, 5.74) is 0. The fourth-order valence-electron chi connectivity index (χ4n) is 7.76. The molecule has 0 saturated carbocycles. The van der Waals surface area contributed by atoms with E-state index in [1.807, 2.05) is 30.4 Å². The number of carbonyl (C=O) groups excluding carboxylic acids is 3. The van der Waals surface area contributed by atoms with E-state index in [-0.39, 0.29) is 37.5 Å². The Balaban J connectivity index is 4.46. The molecule has 0 heterocycles. The summed E-state index contributed by atoms with van der Waals surface area (Å²) >= 11 is 0. The SMILES string of the molecule is CCC\C=C/C=C\C=C/C=C\C=C/CCCCCCCC(=O)OCC(COC(=O)CC/C=C\C/C=C\CCCCCCCC)OC(=O)CCCCCCCCCCCCCCCCCCCC. The molecular weight excluding hydrogens is 829 g/mol. The van der Waals surface area contributed by atoms with Crippen molar-refractivity contribution in [2.24, 2.45) is 0 Å². The fraction of sp³-hybridized carbons (Fsp3) is 0.721. The molecule has 0 spiro atoms. The highest BCUT2D eigenvalue weighted by Crippen LogP contribution is 2.16. The van der Waals surface area contributed by atoms with E-state index in [1.54, 1.807) is 0 Å². The van der Waals surface area contributed by atoms with E-state index >= 15 is 0 Å². The lowest BCUT2D eigenvalue weighted by molar-refractivity contribution is -0.166. The summed E-state index contributed by atoms with van der Waals surface area (Å²) in [6, 6.07) is 0. The first-order valence-corrected chi connectivity index (χ1v) is 28.2. The smallest absolute Gasteiger partial charge is 0.306 e. The van der Waals surface area contributed by atoms with Crippen molar-refractivity contribution in [3.8, 4) is 0 Å². The molecule has 0 aromatic heterocycles. The van der Waals surface area contributed by atoms with E-state index in [4.69, 9.17) is 14.2 Å². The molecule has 6 nitrogen and oxygen atoms in total. The van der Waals surface area contributed by atoms with Crippen molar-refractivity contribution < 1.29 is 28.6 Å². The lowest BCUT2D eigenvalue weighted by atomic mass is 10.0. The quantitative estimate of drug-likeness (QED) is 0.0199. The second-order valence-electron chi connectivity index (χ2n) is 18.6. The third-order valence-corrected chi connectivity index (χ3v) is 12.0. The Labute approximate surface area is 414 Å². The standard InChI is InChI=1S/C61H104O6/c1-4-7-10-13-16-19-22-25-27-29-31-33-36-39-42-45-48-51-54-60(63)66-57-58(56-65-59(62)53-50-47-44-41-38-35-24-21-18-15-12-9-6-3)67-61(64)55-52-49-46-43-40-37-34-32-30-28-26-23-20-17-14-11-8-5-2/h10,13,16,19,22,25,27,29,31,33,35,38,44,47,58H,4-9,11-12,14-15,17-18,20-21,23-24,26,28,30,32,34,36-37,39-43,45-46,48-57H2,1-3H3/b13-10-,19-16-,25-22-,29-27-,33-31-,38-35-,47-44-. The van der Waals surface area contributed by atoms with Crippen molar-refractivity contribution >= 4 is 17.9 Å². The van der Waals surface area contributed by atoms with Gasteiger partial charge in [-0.15, -0.1) is 0 Å².